The SMILES string of the molecule is CCOCCOP(C)(C)=O. The Bertz CT molecular complexity index is 118. The highest BCUT2D eigenvalue weighted by Crippen LogP contribution is 2.36. The highest BCUT2D eigenvalue weighted by molar-refractivity contribution is 7.57. The zero-order valence-corrected chi connectivity index (χ0v) is 7.69. The molecule has 0 saturated carbocycles. The molecule has 0 aliphatic rings. The second-order valence-electron chi connectivity index (χ2n) is 2.28. The molecule has 0 aliphatic carbocycles. The molecule has 0 radical (unpaired) electrons. The van der Waals surface area contributed by atoms with Crippen LogP contribution in [0.4, 0.5) is 0 Å². The quantitative estimate of drug-likeness (QED) is 0.459. The van der Waals surface area contributed by atoms with E-state index in [-0.39, 0.29) is 0 Å². The lowest BCUT2D eigenvalue weighted by molar-refractivity contribution is 0.112. The van der Waals surface area contributed by atoms with E-state index in [1.165, 1.54) is 0 Å². The summed E-state index contributed by atoms with van der Waals surface area (Å²) in [6, 6.07) is 0. The molecular weight excluding hydrogens is 151 g/mol. The molecule has 0 N–H and O–H groups in total. The van der Waals surface area contributed by atoms with Gasteiger partial charge in [-0.3, -0.25) is 4.57 Å². The van der Waals surface area contributed by atoms with Crippen LogP contribution in [0.3, 0.4) is 0 Å². The van der Waals surface area contributed by atoms with Gasteiger partial charge in [-0.2, -0.15) is 0 Å². The summed E-state index contributed by atoms with van der Waals surface area (Å²) in [5, 5.41) is 0. The maximum atomic E-state index is 10.9. The van der Waals surface area contributed by atoms with Crippen molar-refractivity contribution in [1.82, 2.24) is 0 Å². The second-order valence-corrected chi connectivity index (χ2v) is 5.04. The molecule has 0 aliphatic heterocycles. The first kappa shape index (κ1) is 10.2. The van der Waals surface area contributed by atoms with Crippen molar-refractivity contribution in [3.05, 3.63) is 0 Å². The Balaban J connectivity index is 3.13. The van der Waals surface area contributed by atoms with Crippen molar-refractivity contribution in [2.45, 2.75) is 6.92 Å². The minimum Gasteiger partial charge on any atom is -0.379 e. The molecule has 62 valence electrons. The van der Waals surface area contributed by atoms with E-state index >= 15 is 0 Å². The van der Waals surface area contributed by atoms with Gasteiger partial charge in [-0.25, -0.2) is 0 Å². The number of rotatable bonds is 5. The first-order chi connectivity index (χ1) is 4.56. The summed E-state index contributed by atoms with van der Waals surface area (Å²) >= 11 is 0. The van der Waals surface area contributed by atoms with Crippen LogP contribution in [0.25, 0.3) is 0 Å². The maximum Gasteiger partial charge on any atom is 0.197 e. The van der Waals surface area contributed by atoms with Gasteiger partial charge in [0.25, 0.3) is 0 Å². The molecule has 0 aromatic rings. The van der Waals surface area contributed by atoms with Gasteiger partial charge in [0.1, 0.15) is 0 Å². The van der Waals surface area contributed by atoms with Crippen molar-refractivity contribution in [1.29, 1.82) is 0 Å². The fourth-order valence-electron chi connectivity index (χ4n) is 0.460. The number of hydrogen-bond donors (Lipinski definition) is 0. The standard InChI is InChI=1S/C6H15O3P/c1-4-8-5-6-9-10(2,3)7/h4-6H2,1-3H3. The molecule has 0 atom stereocenters. The van der Waals surface area contributed by atoms with Crippen LogP contribution in [0.5, 0.6) is 0 Å². The number of hydrogen-bond acceptors (Lipinski definition) is 3. The molecule has 0 saturated heterocycles. The van der Waals surface area contributed by atoms with Crippen LogP contribution in [-0.4, -0.2) is 33.2 Å². The summed E-state index contributed by atoms with van der Waals surface area (Å²) in [6.45, 7) is 6.75. The van der Waals surface area contributed by atoms with Crippen molar-refractivity contribution < 1.29 is 13.8 Å². The molecule has 10 heavy (non-hydrogen) atoms. The smallest absolute Gasteiger partial charge is 0.197 e. The normalized spacial score (nSPS) is 11.9. The molecule has 0 heterocycles. The van der Waals surface area contributed by atoms with E-state index in [0.717, 1.165) is 0 Å². The molecule has 4 heteroatoms. The van der Waals surface area contributed by atoms with E-state index in [9.17, 15) is 4.57 Å². The zero-order chi connectivity index (χ0) is 8.04. The van der Waals surface area contributed by atoms with Crippen LogP contribution in [0.15, 0.2) is 0 Å². The molecule has 0 aromatic heterocycles. The predicted octanol–water partition coefficient (Wildman–Crippen LogP) is 1.58. The molecule has 3 nitrogen and oxygen atoms in total. The Morgan fingerprint density at radius 3 is 2.30 bits per heavy atom. The summed E-state index contributed by atoms with van der Waals surface area (Å²) < 4.78 is 20.8. The third kappa shape index (κ3) is 8.15. The maximum absolute atomic E-state index is 10.9. The predicted molar refractivity (Wildman–Crippen MR) is 41.9 cm³/mol. The van der Waals surface area contributed by atoms with Gasteiger partial charge < -0.3 is 9.26 Å². The van der Waals surface area contributed by atoms with Gasteiger partial charge in [0.15, 0.2) is 7.37 Å². The highest BCUT2D eigenvalue weighted by Gasteiger charge is 2.04. The van der Waals surface area contributed by atoms with Crippen LogP contribution >= 0.6 is 7.37 Å². The van der Waals surface area contributed by atoms with Crippen molar-refractivity contribution >= 4 is 7.37 Å². The van der Waals surface area contributed by atoms with Gasteiger partial charge in [-0.15, -0.1) is 0 Å². The minimum absolute atomic E-state index is 0.429. The summed E-state index contributed by atoms with van der Waals surface area (Å²) in [6.07, 6.45) is 0. The molecule has 0 spiro atoms. The van der Waals surface area contributed by atoms with Crippen molar-refractivity contribution in [3.8, 4) is 0 Å². The third-order valence-corrected chi connectivity index (χ3v) is 1.64. The van der Waals surface area contributed by atoms with E-state index < -0.39 is 7.37 Å². The Kier molecular flexibility index (Phi) is 4.96. The average molecular weight is 166 g/mol. The molecule has 0 bridgehead atoms. The van der Waals surface area contributed by atoms with Crippen LogP contribution in [-0.2, 0) is 13.8 Å². The fourth-order valence-corrected chi connectivity index (χ4v) is 0.975. The van der Waals surface area contributed by atoms with Crippen LogP contribution in [0.1, 0.15) is 6.92 Å². The van der Waals surface area contributed by atoms with Crippen LogP contribution in [0.2, 0.25) is 0 Å². The Morgan fingerprint density at radius 2 is 1.90 bits per heavy atom. The monoisotopic (exact) mass is 166 g/mol. The molecular formula is C6H15O3P. The number of ether oxygens (including phenoxy) is 1. The average Bonchev–Trinajstić information content (AvgIpc) is 1.78. The second kappa shape index (κ2) is 4.89. The van der Waals surface area contributed by atoms with Crippen molar-refractivity contribution in [3.63, 3.8) is 0 Å². The fraction of sp³-hybridized carbons (Fsp3) is 1.00. The van der Waals surface area contributed by atoms with E-state index in [1.54, 1.807) is 13.3 Å². The molecule has 0 unspecified atom stereocenters. The van der Waals surface area contributed by atoms with Crippen molar-refractivity contribution in [2.75, 3.05) is 33.2 Å². The van der Waals surface area contributed by atoms with E-state index in [2.05, 4.69) is 0 Å². The van der Waals surface area contributed by atoms with Gasteiger partial charge in [0, 0.05) is 19.9 Å². The molecule has 0 aromatic carbocycles. The first-order valence-electron chi connectivity index (χ1n) is 3.33. The summed E-state index contributed by atoms with van der Waals surface area (Å²) in [7, 11) is -2.29. The minimum atomic E-state index is -2.29. The third-order valence-electron chi connectivity index (χ3n) is 0.834. The Hall–Kier alpha value is 0.150. The van der Waals surface area contributed by atoms with Gasteiger partial charge >= 0.3 is 0 Å². The zero-order valence-electron chi connectivity index (χ0n) is 6.79. The molecule has 0 rings (SSSR count). The topological polar surface area (TPSA) is 35.5 Å². The van der Waals surface area contributed by atoms with Gasteiger partial charge in [-0.05, 0) is 6.92 Å². The largest absolute Gasteiger partial charge is 0.379 e. The summed E-state index contributed by atoms with van der Waals surface area (Å²) in [4.78, 5) is 0. The lowest BCUT2D eigenvalue weighted by atomic mass is 10.8. The first-order valence-corrected chi connectivity index (χ1v) is 5.85. The highest BCUT2D eigenvalue weighted by atomic mass is 31.2. The summed E-state index contributed by atoms with van der Waals surface area (Å²) in [5.41, 5.74) is 0. The molecule has 0 amide bonds. The van der Waals surface area contributed by atoms with Gasteiger partial charge in [0.05, 0.1) is 13.2 Å². The molecule has 0 fully saturated rings. The van der Waals surface area contributed by atoms with Crippen LogP contribution < -0.4 is 0 Å². The lowest BCUT2D eigenvalue weighted by Crippen LogP contribution is -2.01. The lowest BCUT2D eigenvalue weighted by Gasteiger charge is -2.07. The summed E-state index contributed by atoms with van der Waals surface area (Å²) in [5.74, 6) is 0. The van der Waals surface area contributed by atoms with E-state index in [0.29, 0.717) is 19.8 Å². The van der Waals surface area contributed by atoms with Gasteiger partial charge in [0.2, 0.25) is 0 Å². The van der Waals surface area contributed by atoms with Crippen molar-refractivity contribution in [2.24, 2.45) is 0 Å². The Labute approximate surface area is 62.2 Å². The van der Waals surface area contributed by atoms with E-state index in [4.69, 9.17) is 9.26 Å². The van der Waals surface area contributed by atoms with Gasteiger partial charge in [-0.1, -0.05) is 0 Å². The van der Waals surface area contributed by atoms with Crippen LogP contribution in [0, 0.1) is 0 Å². The van der Waals surface area contributed by atoms with E-state index in [1.807, 2.05) is 6.92 Å². The Morgan fingerprint density at radius 1 is 1.30 bits per heavy atom.